The van der Waals surface area contributed by atoms with Crippen LogP contribution >= 0.6 is 12.6 Å². The summed E-state index contributed by atoms with van der Waals surface area (Å²) >= 11 is 3.94. The predicted molar refractivity (Wildman–Crippen MR) is 132 cm³/mol. The minimum atomic E-state index is -1.26. The van der Waals surface area contributed by atoms with E-state index in [9.17, 15) is 29.1 Å². The zero-order chi connectivity index (χ0) is 26.5. The van der Waals surface area contributed by atoms with Crippen LogP contribution in [0.5, 0.6) is 0 Å². The first-order valence-electron chi connectivity index (χ1n) is 11.3. The number of nitrogens with one attached hydrogen (secondary N) is 3. The largest absolute Gasteiger partial charge is 0.481 e. The summed E-state index contributed by atoms with van der Waals surface area (Å²) in [5.41, 5.74) is 6.34. The molecule has 0 bridgehead atoms. The van der Waals surface area contributed by atoms with E-state index in [2.05, 4.69) is 28.6 Å². The van der Waals surface area contributed by atoms with Crippen LogP contribution in [-0.2, 0) is 30.4 Å². The van der Waals surface area contributed by atoms with Gasteiger partial charge in [-0.3, -0.25) is 19.2 Å². The van der Waals surface area contributed by atoms with E-state index in [1.165, 1.54) is 0 Å². The topological polar surface area (TPSA) is 188 Å². The van der Waals surface area contributed by atoms with Crippen LogP contribution in [0.1, 0.15) is 38.7 Å². The maximum absolute atomic E-state index is 13.0. The second kappa shape index (κ2) is 15.0. The van der Waals surface area contributed by atoms with Crippen molar-refractivity contribution in [1.82, 2.24) is 16.0 Å². The molecule has 0 aliphatic carbocycles. The molecule has 194 valence electrons. The van der Waals surface area contributed by atoms with Crippen molar-refractivity contribution in [1.29, 1.82) is 0 Å². The van der Waals surface area contributed by atoms with E-state index < -0.39 is 60.2 Å². The molecule has 0 heterocycles. The van der Waals surface area contributed by atoms with Gasteiger partial charge in [0.15, 0.2) is 0 Å². The van der Waals surface area contributed by atoms with Crippen LogP contribution < -0.4 is 21.7 Å². The van der Waals surface area contributed by atoms with E-state index in [1.807, 2.05) is 0 Å². The number of rotatable bonds is 15. The van der Waals surface area contributed by atoms with E-state index >= 15 is 0 Å². The van der Waals surface area contributed by atoms with Crippen molar-refractivity contribution in [2.45, 2.75) is 63.7 Å². The van der Waals surface area contributed by atoms with Gasteiger partial charge in [0.25, 0.3) is 0 Å². The maximum Gasteiger partial charge on any atom is 0.326 e. The highest BCUT2D eigenvalue weighted by molar-refractivity contribution is 7.80. The third kappa shape index (κ3) is 10.4. The van der Waals surface area contributed by atoms with Gasteiger partial charge in [-0.15, -0.1) is 0 Å². The molecule has 35 heavy (non-hydrogen) atoms. The lowest BCUT2D eigenvalue weighted by atomic mass is 9.96. The first-order chi connectivity index (χ1) is 16.5. The van der Waals surface area contributed by atoms with Crippen molar-refractivity contribution in [2.24, 2.45) is 11.7 Å². The molecule has 7 N–H and O–H groups in total. The second-order valence-corrected chi connectivity index (χ2v) is 8.61. The fraction of sp³-hybridized carbons (Fsp3) is 0.522. The molecule has 5 atom stereocenters. The quantitative estimate of drug-likeness (QED) is 0.160. The molecule has 3 amide bonds. The summed E-state index contributed by atoms with van der Waals surface area (Å²) in [6.07, 6.45) is -0.118. The molecule has 1 rings (SSSR count). The summed E-state index contributed by atoms with van der Waals surface area (Å²) in [6.45, 7) is 3.50. The first-order valence-corrected chi connectivity index (χ1v) is 11.9. The highest BCUT2D eigenvalue weighted by atomic mass is 32.1. The minimum absolute atomic E-state index is 0.00892. The fourth-order valence-electron chi connectivity index (χ4n) is 3.17. The summed E-state index contributed by atoms with van der Waals surface area (Å²) in [5.74, 6) is -4.95. The van der Waals surface area contributed by atoms with E-state index in [1.54, 1.807) is 44.2 Å². The molecule has 0 saturated heterocycles. The number of hydrogen-bond acceptors (Lipinski definition) is 7. The SMILES string of the molecule is CCC(C)C(NC(=O)C(CCC(=O)O)NC(=O)C(N)CS)C(=O)NC(Cc1ccccc1)C(=O)O. The molecule has 12 heteroatoms. The second-order valence-electron chi connectivity index (χ2n) is 8.24. The average molecular weight is 511 g/mol. The Balaban J connectivity index is 3.03. The van der Waals surface area contributed by atoms with Crippen LogP contribution in [0.25, 0.3) is 0 Å². The molecule has 0 aliphatic rings. The molecule has 0 saturated carbocycles. The van der Waals surface area contributed by atoms with Crippen molar-refractivity contribution >= 4 is 42.3 Å². The summed E-state index contributed by atoms with van der Waals surface area (Å²) in [4.78, 5) is 61.0. The number of amides is 3. The van der Waals surface area contributed by atoms with Gasteiger partial charge < -0.3 is 31.9 Å². The number of carboxylic acid groups (broad SMARTS) is 2. The summed E-state index contributed by atoms with van der Waals surface area (Å²) in [6, 6.07) is 4.15. The molecule has 0 radical (unpaired) electrons. The van der Waals surface area contributed by atoms with E-state index in [0.717, 1.165) is 0 Å². The van der Waals surface area contributed by atoms with Crippen LogP contribution in [0.3, 0.4) is 0 Å². The smallest absolute Gasteiger partial charge is 0.326 e. The highest BCUT2D eigenvalue weighted by Crippen LogP contribution is 2.11. The third-order valence-electron chi connectivity index (χ3n) is 5.50. The number of nitrogens with two attached hydrogens (primary N) is 1. The fourth-order valence-corrected chi connectivity index (χ4v) is 3.33. The molecule has 0 aromatic heterocycles. The van der Waals surface area contributed by atoms with Crippen molar-refractivity contribution in [3.8, 4) is 0 Å². The Hall–Kier alpha value is -3.12. The monoisotopic (exact) mass is 510 g/mol. The Bertz CT molecular complexity index is 884. The molecule has 0 spiro atoms. The third-order valence-corrected chi connectivity index (χ3v) is 5.90. The highest BCUT2D eigenvalue weighted by Gasteiger charge is 2.33. The Morgan fingerprint density at radius 3 is 2.06 bits per heavy atom. The van der Waals surface area contributed by atoms with Crippen molar-refractivity contribution in [2.75, 3.05) is 5.75 Å². The standard InChI is InChI=1S/C23H34N4O7S/c1-3-13(2)19(22(32)26-17(23(33)34)11-14-7-5-4-6-8-14)27-21(31)16(9-10-18(28)29)25-20(30)15(24)12-35/h4-8,13,15-17,19,35H,3,9-12,24H2,1-2H3,(H,25,30)(H,26,32)(H,27,31)(H,28,29)(H,33,34). The van der Waals surface area contributed by atoms with Crippen LogP contribution in [0.15, 0.2) is 30.3 Å². The van der Waals surface area contributed by atoms with E-state index in [4.69, 9.17) is 10.8 Å². The van der Waals surface area contributed by atoms with Gasteiger partial charge in [-0.2, -0.15) is 12.6 Å². The lowest BCUT2D eigenvalue weighted by Crippen LogP contribution is -2.59. The molecule has 1 aromatic rings. The molecule has 5 unspecified atom stereocenters. The number of hydrogen-bond donors (Lipinski definition) is 7. The van der Waals surface area contributed by atoms with Gasteiger partial charge in [-0.1, -0.05) is 50.6 Å². The van der Waals surface area contributed by atoms with Crippen LogP contribution in [0.4, 0.5) is 0 Å². The number of aliphatic carboxylic acids is 2. The van der Waals surface area contributed by atoms with Crippen LogP contribution in [-0.4, -0.2) is 69.8 Å². The molecule has 0 fully saturated rings. The number of benzene rings is 1. The number of carbonyl (C=O) groups is 5. The molecule has 11 nitrogen and oxygen atoms in total. The van der Waals surface area contributed by atoms with E-state index in [0.29, 0.717) is 12.0 Å². The van der Waals surface area contributed by atoms with Crippen LogP contribution in [0.2, 0.25) is 0 Å². The minimum Gasteiger partial charge on any atom is -0.481 e. The molecule has 0 aliphatic heterocycles. The number of carboxylic acids is 2. The van der Waals surface area contributed by atoms with Crippen LogP contribution in [0, 0.1) is 5.92 Å². The van der Waals surface area contributed by atoms with Crippen molar-refractivity contribution in [3.63, 3.8) is 0 Å². The Labute approximate surface area is 209 Å². The summed E-state index contributed by atoms with van der Waals surface area (Å²) < 4.78 is 0. The molecular formula is C23H34N4O7S. The van der Waals surface area contributed by atoms with Crippen molar-refractivity contribution in [3.05, 3.63) is 35.9 Å². The Morgan fingerprint density at radius 1 is 0.943 bits per heavy atom. The Morgan fingerprint density at radius 2 is 1.54 bits per heavy atom. The lowest BCUT2D eigenvalue weighted by Gasteiger charge is -2.28. The normalized spacial score (nSPS) is 15.1. The number of thiol groups is 1. The lowest BCUT2D eigenvalue weighted by molar-refractivity contribution is -0.142. The molecular weight excluding hydrogens is 476 g/mol. The van der Waals surface area contributed by atoms with E-state index in [-0.39, 0.29) is 24.5 Å². The predicted octanol–water partition coefficient (Wildman–Crippen LogP) is -0.0639. The first kappa shape index (κ1) is 29.9. The average Bonchev–Trinajstić information content (AvgIpc) is 2.83. The maximum atomic E-state index is 13.0. The zero-order valence-electron chi connectivity index (χ0n) is 19.8. The Kier molecular flexibility index (Phi) is 12.8. The number of carbonyl (C=O) groups excluding carboxylic acids is 3. The van der Waals surface area contributed by atoms with Gasteiger partial charge in [0.2, 0.25) is 17.7 Å². The van der Waals surface area contributed by atoms with Gasteiger partial charge in [-0.25, -0.2) is 4.79 Å². The summed E-state index contributed by atoms with van der Waals surface area (Å²) in [7, 11) is 0. The molecule has 1 aromatic carbocycles. The van der Waals surface area contributed by atoms with Gasteiger partial charge in [0.1, 0.15) is 18.1 Å². The zero-order valence-corrected chi connectivity index (χ0v) is 20.7. The van der Waals surface area contributed by atoms with Gasteiger partial charge in [0.05, 0.1) is 6.04 Å². The van der Waals surface area contributed by atoms with Gasteiger partial charge in [-0.05, 0) is 17.9 Å². The van der Waals surface area contributed by atoms with Crippen molar-refractivity contribution < 1.29 is 34.2 Å². The van der Waals surface area contributed by atoms with Gasteiger partial charge in [0, 0.05) is 18.6 Å². The van der Waals surface area contributed by atoms with Gasteiger partial charge >= 0.3 is 11.9 Å². The summed E-state index contributed by atoms with van der Waals surface area (Å²) in [5, 5.41) is 26.0.